The fourth-order valence-corrected chi connectivity index (χ4v) is 3.32. The first-order valence-corrected chi connectivity index (χ1v) is 8.39. The van der Waals surface area contributed by atoms with E-state index in [1.165, 1.54) is 0 Å². The second-order valence-electron chi connectivity index (χ2n) is 6.27. The van der Waals surface area contributed by atoms with Crippen molar-refractivity contribution >= 4 is 22.5 Å². The van der Waals surface area contributed by atoms with Crippen LogP contribution in [0, 0.1) is 6.92 Å². The molecule has 0 spiro atoms. The van der Waals surface area contributed by atoms with Crippen LogP contribution >= 0.6 is 0 Å². The van der Waals surface area contributed by atoms with Gasteiger partial charge in [0.1, 0.15) is 5.69 Å². The molecule has 0 saturated carbocycles. The molecule has 0 aliphatic carbocycles. The summed E-state index contributed by atoms with van der Waals surface area (Å²) in [5, 5.41) is 15.0. The van der Waals surface area contributed by atoms with Gasteiger partial charge in [-0.2, -0.15) is 10.2 Å². The van der Waals surface area contributed by atoms with Crippen molar-refractivity contribution in [1.29, 1.82) is 0 Å². The van der Waals surface area contributed by atoms with Crippen LogP contribution in [0.5, 0.6) is 0 Å². The van der Waals surface area contributed by atoms with Crippen molar-refractivity contribution < 1.29 is 4.79 Å². The fourth-order valence-electron chi connectivity index (χ4n) is 3.32. The fraction of sp³-hybridized carbons (Fsp3) is 0.333. The molecule has 0 radical (unpaired) electrons. The van der Waals surface area contributed by atoms with Crippen molar-refractivity contribution in [2.75, 3.05) is 31.1 Å². The Morgan fingerprint density at radius 1 is 1.00 bits per heavy atom. The van der Waals surface area contributed by atoms with E-state index in [1.54, 1.807) is 24.0 Å². The second kappa shape index (κ2) is 6.16. The van der Waals surface area contributed by atoms with Gasteiger partial charge in [0, 0.05) is 50.2 Å². The highest BCUT2D eigenvalue weighted by Gasteiger charge is 2.25. The quantitative estimate of drug-likeness (QED) is 0.712. The van der Waals surface area contributed by atoms with Crippen LogP contribution in [0.3, 0.4) is 0 Å². The van der Waals surface area contributed by atoms with E-state index in [4.69, 9.17) is 0 Å². The van der Waals surface area contributed by atoms with Gasteiger partial charge in [-0.25, -0.2) is 0 Å². The molecule has 128 valence electrons. The summed E-state index contributed by atoms with van der Waals surface area (Å²) >= 11 is 0. The van der Waals surface area contributed by atoms with Gasteiger partial charge >= 0.3 is 0 Å². The van der Waals surface area contributed by atoms with Crippen LogP contribution < -0.4 is 4.90 Å². The van der Waals surface area contributed by atoms with Gasteiger partial charge in [-0.05, 0) is 13.0 Å². The molecule has 0 atom stereocenters. The maximum absolute atomic E-state index is 12.6. The zero-order valence-electron chi connectivity index (χ0n) is 14.4. The molecule has 1 amide bonds. The molecule has 2 aromatic heterocycles. The van der Waals surface area contributed by atoms with Gasteiger partial charge in [0.15, 0.2) is 5.82 Å². The zero-order valence-corrected chi connectivity index (χ0v) is 14.4. The minimum absolute atomic E-state index is 0.0273. The molecular formula is C18H20N6O. The molecule has 1 aliphatic rings. The largest absolute Gasteiger partial charge is 0.351 e. The lowest BCUT2D eigenvalue weighted by Crippen LogP contribution is -2.49. The van der Waals surface area contributed by atoms with Gasteiger partial charge < -0.3 is 9.80 Å². The van der Waals surface area contributed by atoms with E-state index >= 15 is 0 Å². The molecule has 25 heavy (non-hydrogen) atoms. The van der Waals surface area contributed by atoms with Crippen LogP contribution in [0.25, 0.3) is 10.8 Å². The first-order chi connectivity index (χ1) is 12.1. The van der Waals surface area contributed by atoms with Gasteiger partial charge in [-0.3, -0.25) is 9.48 Å². The van der Waals surface area contributed by atoms with Crippen molar-refractivity contribution in [2.24, 2.45) is 7.05 Å². The summed E-state index contributed by atoms with van der Waals surface area (Å²) in [5.74, 6) is 0.924. The molecule has 1 fully saturated rings. The Morgan fingerprint density at radius 2 is 1.72 bits per heavy atom. The summed E-state index contributed by atoms with van der Waals surface area (Å²) in [4.78, 5) is 16.7. The van der Waals surface area contributed by atoms with E-state index in [-0.39, 0.29) is 5.91 Å². The highest BCUT2D eigenvalue weighted by atomic mass is 16.2. The molecule has 3 aromatic rings. The van der Waals surface area contributed by atoms with Crippen LogP contribution in [-0.4, -0.2) is 57.0 Å². The number of rotatable bonds is 2. The Hall–Kier alpha value is -2.96. The molecule has 7 nitrogen and oxygen atoms in total. The lowest BCUT2D eigenvalue weighted by atomic mass is 10.1. The van der Waals surface area contributed by atoms with Gasteiger partial charge in [0.2, 0.25) is 0 Å². The van der Waals surface area contributed by atoms with Gasteiger partial charge in [0.25, 0.3) is 5.91 Å². The molecule has 7 heteroatoms. The van der Waals surface area contributed by atoms with Crippen LogP contribution in [0.4, 0.5) is 5.82 Å². The number of anilines is 1. The Morgan fingerprint density at radius 3 is 2.40 bits per heavy atom. The number of carbonyl (C=O) groups is 1. The van der Waals surface area contributed by atoms with Crippen molar-refractivity contribution in [3.05, 3.63) is 47.9 Å². The number of piperazine rings is 1. The molecule has 0 bridgehead atoms. The van der Waals surface area contributed by atoms with Crippen molar-refractivity contribution in [1.82, 2.24) is 24.9 Å². The van der Waals surface area contributed by atoms with E-state index < -0.39 is 0 Å². The summed E-state index contributed by atoms with van der Waals surface area (Å²) in [6.45, 7) is 4.78. The third-order valence-corrected chi connectivity index (χ3v) is 4.76. The molecule has 0 unspecified atom stereocenters. The zero-order chi connectivity index (χ0) is 17.4. The van der Waals surface area contributed by atoms with E-state index in [0.717, 1.165) is 35.4 Å². The van der Waals surface area contributed by atoms with E-state index in [2.05, 4.69) is 32.3 Å². The standard InChI is InChI=1S/C18H20N6O/c1-13-14-5-3-4-6-15(14)17(21-20-13)23-9-11-24(12-10-23)18(25)16-7-8-19-22(16)2/h3-8H,9-12H2,1-2H3. The van der Waals surface area contributed by atoms with E-state index in [9.17, 15) is 4.79 Å². The maximum Gasteiger partial charge on any atom is 0.272 e. The highest BCUT2D eigenvalue weighted by molar-refractivity contribution is 5.94. The second-order valence-corrected chi connectivity index (χ2v) is 6.27. The van der Waals surface area contributed by atoms with Crippen LogP contribution in [0.15, 0.2) is 36.5 Å². The molecular weight excluding hydrogens is 316 g/mol. The van der Waals surface area contributed by atoms with Crippen LogP contribution in [-0.2, 0) is 7.05 Å². The number of amides is 1. The number of aromatic nitrogens is 4. The molecule has 1 aromatic carbocycles. The van der Waals surface area contributed by atoms with Gasteiger partial charge in [0.05, 0.1) is 5.69 Å². The third kappa shape index (κ3) is 2.71. The smallest absolute Gasteiger partial charge is 0.272 e. The number of fused-ring (bicyclic) bond motifs is 1. The van der Waals surface area contributed by atoms with Crippen LogP contribution in [0.1, 0.15) is 16.2 Å². The van der Waals surface area contributed by atoms with Crippen molar-refractivity contribution in [2.45, 2.75) is 6.92 Å². The third-order valence-electron chi connectivity index (χ3n) is 4.76. The summed E-state index contributed by atoms with van der Waals surface area (Å²) in [6, 6.07) is 9.96. The van der Waals surface area contributed by atoms with Crippen molar-refractivity contribution in [3.63, 3.8) is 0 Å². The first-order valence-electron chi connectivity index (χ1n) is 8.39. The molecule has 3 heterocycles. The Bertz CT molecular complexity index is 926. The normalized spacial score (nSPS) is 15.0. The number of hydrogen-bond donors (Lipinski definition) is 0. The topological polar surface area (TPSA) is 67.2 Å². The lowest BCUT2D eigenvalue weighted by Gasteiger charge is -2.35. The average molecular weight is 336 g/mol. The van der Waals surface area contributed by atoms with Gasteiger partial charge in [-0.1, -0.05) is 24.3 Å². The van der Waals surface area contributed by atoms with Gasteiger partial charge in [-0.15, -0.1) is 5.10 Å². The summed E-state index contributed by atoms with van der Waals surface area (Å²) in [7, 11) is 1.79. The lowest BCUT2D eigenvalue weighted by molar-refractivity contribution is 0.0735. The molecule has 4 rings (SSSR count). The molecule has 0 N–H and O–H groups in total. The number of benzene rings is 1. The maximum atomic E-state index is 12.6. The predicted octanol–water partition coefficient (Wildman–Crippen LogP) is 1.63. The SMILES string of the molecule is Cc1nnc(N2CCN(C(=O)c3ccnn3C)CC2)c2ccccc12. The van der Waals surface area contributed by atoms with E-state index in [1.807, 2.05) is 24.0 Å². The van der Waals surface area contributed by atoms with E-state index in [0.29, 0.717) is 18.8 Å². The Labute approximate surface area is 145 Å². The average Bonchev–Trinajstić information content (AvgIpc) is 3.08. The summed E-state index contributed by atoms with van der Waals surface area (Å²) in [5.41, 5.74) is 1.55. The molecule has 1 saturated heterocycles. The minimum atomic E-state index is 0.0273. The summed E-state index contributed by atoms with van der Waals surface area (Å²) in [6.07, 6.45) is 1.65. The van der Waals surface area contributed by atoms with Crippen LogP contribution in [0.2, 0.25) is 0 Å². The number of aryl methyl sites for hydroxylation is 2. The monoisotopic (exact) mass is 336 g/mol. The number of nitrogens with zero attached hydrogens (tertiary/aromatic N) is 6. The number of carbonyl (C=O) groups excluding carboxylic acids is 1. The number of hydrogen-bond acceptors (Lipinski definition) is 5. The first kappa shape index (κ1) is 15.6. The van der Waals surface area contributed by atoms with Crippen molar-refractivity contribution in [3.8, 4) is 0 Å². The summed E-state index contributed by atoms with van der Waals surface area (Å²) < 4.78 is 1.62. The Kier molecular flexibility index (Phi) is 3.83. The molecule has 1 aliphatic heterocycles. The Balaban J connectivity index is 1.54. The highest BCUT2D eigenvalue weighted by Crippen LogP contribution is 2.26. The minimum Gasteiger partial charge on any atom is -0.351 e. The predicted molar refractivity (Wildman–Crippen MR) is 95.6 cm³/mol.